The van der Waals surface area contributed by atoms with Gasteiger partial charge < -0.3 is 10.2 Å². The third-order valence-corrected chi connectivity index (χ3v) is 8.63. The molecule has 262 valence electrons. The van der Waals surface area contributed by atoms with Crippen LogP contribution in [0.15, 0.2) is 48.6 Å². The summed E-state index contributed by atoms with van der Waals surface area (Å²) in [5.41, 5.74) is 0. The molecule has 1 N–H and O–H groups in total. The molecule has 1 unspecified atom stereocenters. The van der Waals surface area contributed by atoms with E-state index in [2.05, 4.69) is 86.8 Å². The number of unbranched alkanes of at least 4 members (excludes halogenated alkanes) is 17. The maximum Gasteiger partial charge on any atom is 0.220 e. The van der Waals surface area contributed by atoms with Gasteiger partial charge >= 0.3 is 0 Å². The maximum atomic E-state index is 12.6. The maximum absolute atomic E-state index is 12.6. The van der Waals surface area contributed by atoms with Gasteiger partial charge in [0.2, 0.25) is 5.91 Å². The third kappa shape index (κ3) is 36.7. The number of allylic oxidation sites excluding steroid dienone is 8. The van der Waals surface area contributed by atoms with E-state index in [0.29, 0.717) is 12.5 Å². The highest BCUT2D eigenvalue weighted by molar-refractivity contribution is 5.76. The van der Waals surface area contributed by atoms with Crippen molar-refractivity contribution in [3.05, 3.63) is 48.6 Å². The van der Waals surface area contributed by atoms with Gasteiger partial charge in [0.05, 0.1) is 0 Å². The normalized spacial score (nSPS) is 13.0. The summed E-state index contributed by atoms with van der Waals surface area (Å²) in [4.78, 5) is 14.8. The van der Waals surface area contributed by atoms with Crippen LogP contribution >= 0.6 is 0 Å². The van der Waals surface area contributed by atoms with Gasteiger partial charge in [-0.05, 0) is 97.7 Å². The first-order valence-electron chi connectivity index (χ1n) is 19.6. The standard InChI is InChI=1S/C42H78N2O/c1-5-7-9-11-13-15-17-19-21-23-25-27-29-31-33-35-38-41(43-42(45)39-36-40-44(3)4)37-34-32-30-28-26-24-22-20-18-16-14-12-10-8-6-2/h12-15,18-21,41H,5-11,16-17,22-40H2,1-4H3,(H,43,45)/b14-12-,15-13-,20-18-,21-19-. The minimum atomic E-state index is 0.256. The number of amides is 1. The van der Waals surface area contributed by atoms with E-state index in [9.17, 15) is 4.79 Å². The van der Waals surface area contributed by atoms with Gasteiger partial charge in [-0.25, -0.2) is 0 Å². The van der Waals surface area contributed by atoms with Gasteiger partial charge in [-0.2, -0.15) is 0 Å². The molecular weight excluding hydrogens is 548 g/mol. The molecule has 1 atom stereocenters. The van der Waals surface area contributed by atoms with Gasteiger partial charge in [0, 0.05) is 12.5 Å². The molecule has 0 aromatic heterocycles. The number of carbonyl (C=O) groups excluding carboxylic acids is 1. The van der Waals surface area contributed by atoms with Crippen molar-refractivity contribution in [2.75, 3.05) is 20.6 Å². The van der Waals surface area contributed by atoms with Crippen LogP contribution < -0.4 is 5.32 Å². The van der Waals surface area contributed by atoms with Crippen molar-refractivity contribution in [1.82, 2.24) is 10.2 Å². The lowest BCUT2D eigenvalue weighted by Gasteiger charge is -2.19. The minimum Gasteiger partial charge on any atom is -0.353 e. The van der Waals surface area contributed by atoms with Gasteiger partial charge in [-0.3, -0.25) is 4.79 Å². The van der Waals surface area contributed by atoms with Crippen molar-refractivity contribution < 1.29 is 4.79 Å². The fourth-order valence-corrected chi connectivity index (χ4v) is 5.71. The molecule has 0 fully saturated rings. The van der Waals surface area contributed by atoms with E-state index in [1.165, 1.54) is 135 Å². The molecular formula is C42H78N2O. The SMILES string of the molecule is CCCC/C=C\C/C=C\CCCCCCCCC(CCCCCCCC/C=C\C/C=C\CCCCC)NC(=O)CCCN(C)C. The molecule has 3 nitrogen and oxygen atoms in total. The Morgan fingerprint density at radius 1 is 0.511 bits per heavy atom. The summed E-state index contributed by atoms with van der Waals surface area (Å²) in [5, 5.41) is 3.41. The fraction of sp³-hybridized carbons (Fsp3) is 0.786. The van der Waals surface area contributed by atoms with E-state index in [4.69, 9.17) is 0 Å². The zero-order valence-electron chi connectivity index (χ0n) is 30.9. The summed E-state index contributed by atoms with van der Waals surface area (Å²) >= 11 is 0. The second kappa shape index (κ2) is 36.9. The van der Waals surface area contributed by atoms with E-state index in [1.807, 2.05) is 0 Å². The summed E-state index contributed by atoms with van der Waals surface area (Å²) in [6, 6.07) is 0.365. The average Bonchev–Trinajstić information content (AvgIpc) is 3.02. The Hall–Kier alpha value is -1.61. The number of carbonyl (C=O) groups is 1. The number of hydrogen-bond donors (Lipinski definition) is 1. The predicted octanol–water partition coefficient (Wildman–Crippen LogP) is 12.8. The summed E-state index contributed by atoms with van der Waals surface area (Å²) in [6.45, 7) is 5.50. The lowest BCUT2D eigenvalue weighted by Crippen LogP contribution is -2.35. The highest BCUT2D eigenvalue weighted by Crippen LogP contribution is 2.16. The molecule has 45 heavy (non-hydrogen) atoms. The lowest BCUT2D eigenvalue weighted by molar-refractivity contribution is -0.122. The fourth-order valence-electron chi connectivity index (χ4n) is 5.71. The van der Waals surface area contributed by atoms with Crippen LogP contribution in [0.25, 0.3) is 0 Å². The van der Waals surface area contributed by atoms with E-state index < -0.39 is 0 Å². The molecule has 3 heteroatoms. The number of hydrogen-bond acceptors (Lipinski definition) is 2. The zero-order valence-corrected chi connectivity index (χ0v) is 30.9. The molecule has 0 saturated carbocycles. The molecule has 0 bridgehead atoms. The van der Waals surface area contributed by atoms with Crippen molar-refractivity contribution in [2.24, 2.45) is 0 Å². The number of rotatable bonds is 34. The summed E-state index contributed by atoms with van der Waals surface area (Å²) < 4.78 is 0. The van der Waals surface area contributed by atoms with Crippen LogP contribution in [0, 0.1) is 0 Å². The molecule has 0 aliphatic heterocycles. The molecule has 0 radical (unpaired) electrons. The van der Waals surface area contributed by atoms with Crippen LogP contribution in [0.5, 0.6) is 0 Å². The van der Waals surface area contributed by atoms with E-state index >= 15 is 0 Å². The minimum absolute atomic E-state index is 0.256. The van der Waals surface area contributed by atoms with E-state index in [0.717, 1.165) is 38.6 Å². The Balaban J connectivity index is 4.02. The Kier molecular flexibility index (Phi) is 35.5. The van der Waals surface area contributed by atoms with Crippen LogP contribution in [-0.4, -0.2) is 37.5 Å². The van der Waals surface area contributed by atoms with Crippen molar-refractivity contribution in [3.8, 4) is 0 Å². The molecule has 0 aromatic carbocycles. The quantitative estimate of drug-likeness (QED) is 0.0569. The van der Waals surface area contributed by atoms with Gasteiger partial charge in [0.15, 0.2) is 0 Å². The van der Waals surface area contributed by atoms with Crippen LogP contribution in [0.1, 0.15) is 187 Å². The smallest absolute Gasteiger partial charge is 0.220 e. The molecule has 0 saturated heterocycles. The third-order valence-electron chi connectivity index (χ3n) is 8.63. The van der Waals surface area contributed by atoms with Gasteiger partial charge in [0.1, 0.15) is 0 Å². The number of nitrogens with one attached hydrogen (secondary N) is 1. The predicted molar refractivity (Wildman–Crippen MR) is 203 cm³/mol. The van der Waals surface area contributed by atoms with Crippen LogP contribution in [0.2, 0.25) is 0 Å². The molecule has 0 aliphatic rings. The first kappa shape index (κ1) is 43.4. The van der Waals surface area contributed by atoms with Crippen molar-refractivity contribution in [2.45, 2.75) is 193 Å². The Morgan fingerprint density at radius 2 is 0.911 bits per heavy atom. The van der Waals surface area contributed by atoms with Crippen LogP contribution in [0.3, 0.4) is 0 Å². The zero-order chi connectivity index (χ0) is 32.9. The second-order valence-electron chi connectivity index (χ2n) is 13.6. The van der Waals surface area contributed by atoms with E-state index in [-0.39, 0.29) is 5.91 Å². The Labute approximate surface area is 282 Å². The Bertz CT molecular complexity index is 720. The largest absolute Gasteiger partial charge is 0.353 e. The first-order chi connectivity index (χ1) is 22.1. The highest BCUT2D eigenvalue weighted by atomic mass is 16.1. The van der Waals surface area contributed by atoms with E-state index in [1.54, 1.807) is 0 Å². The topological polar surface area (TPSA) is 32.3 Å². The second-order valence-corrected chi connectivity index (χ2v) is 13.6. The highest BCUT2D eigenvalue weighted by Gasteiger charge is 2.12. The molecule has 0 aliphatic carbocycles. The van der Waals surface area contributed by atoms with Crippen molar-refractivity contribution in [3.63, 3.8) is 0 Å². The molecule has 1 amide bonds. The summed E-state index contributed by atoms with van der Waals surface area (Å²) in [6.07, 6.45) is 52.0. The molecule has 0 spiro atoms. The van der Waals surface area contributed by atoms with Crippen molar-refractivity contribution in [1.29, 1.82) is 0 Å². The molecule has 0 heterocycles. The van der Waals surface area contributed by atoms with Crippen LogP contribution in [-0.2, 0) is 4.79 Å². The van der Waals surface area contributed by atoms with Crippen LogP contribution in [0.4, 0.5) is 0 Å². The van der Waals surface area contributed by atoms with Crippen molar-refractivity contribution >= 4 is 5.91 Å². The summed E-state index contributed by atoms with van der Waals surface area (Å²) in [5.74, 6) is 0.256. The molecule has 0 rings (SSSR count). The average molecular weight is 627 g/mol. The lowest BCUT2D eigenvalue weighted by atomic mass is 9.99. The summed E-state index contributed by atoms with van der Waals surface area (Å²) in [7, 11) is 4.16. The number of nitrogens with zero attached hydrogens (tertiary/aromatic N) is 1. The van der Waals surface area contributed by atoms with Gasteiger partial charge in [0.25, 0.3) is 0 Å². The van der Waals surface area contributed by atoms with Gasteiger partial charge in [-0.1, -0.05) is 152 Å². The van der Waals surface area contributed by atoms with Gasteiger partial charge in [-0.15, -0.1) is 0 Å². The Morgan fingerprint density at radius 3 is 1.36 bits per heavy atom. The first-order valence-corrected chi connectivity index (χ1v) is 19.6. The molecule has 0 aromatic rings. The monoisotopic (exact) mass is 627 g/mol.